The lowest BCUT2D eigenvalue weighted by Gasteiger charge is -2.20. The van der Waals surface area contributed by atoms with Gasteiger partial charge in [-0.25, -0.2) is 0 Å². The monoisotopic (exact) mass is 273 g/mol. The predicted molar refractivity (Wildman–Crippen MR) is 81.9 cm³/mol. The molecule has 0 N–H and O–H groups in total. The van der Waals surface area contributed by atoms with Crippen LogP contribution in [-0.4, -0.2) is 24.8 Å². The van der Waals surface area contributed by atoms with Crippen molar-refractivity contribution in [3.05, 3.63) is 46.2 Å². The molecule has 2 aromatic rings. The molecule has 0 aliphatic rings. The zero-order valence-corrected chi connectivity index (χ0v) is 12.6. The maximum atomic E-state index is 11.6. The van der Waals surface area contributed by atoms with Gasteiger partial charge in [-0.15, -0.1) is 11.3 Å². The summed E-state index contributed by atoms with van der Waals surface area (Å²) >= 11 is 1.51. The van der Waals surface area contributed by atoms with E-state index in [0.717, 1.165) is 16.0 Å². The molecule has 100 valence electrons. The Kier molecular flexibility index (Phi) is 4.17. The molecule has 0 fully saturated rings. The number of rotatable bonds is 4. The van der Waals surface area contributed by atoms with Crippen molar-refractivity contribution in [2.24, 2.45) is 0 Å². The van der Waals surface area contributed by atoms with Crippen molar-refractivity contribution in [1.82, 2.24) is 4.90 Å². The Morgan fingerprint density at radius 2 is 2.00 bits per heavy atom. The fourth-order valence-electron chi connectivity index (χ4n) is 2.07. The van der Waals surface area contributed by atoms with Gasteiger partial charge in [-0.1, -0.05) is 18.2 Å². The maximum Gasteiger partial charge on any atom is 0.170 e. The summed E-state index contributed by atoms with van der Waals surface area (Å²) in [5.41, 5.74) is 3.44. The normalized spacial score (nSPS) is 12.7. The van der Waals surface area contributed by atoms with Gasteiger partial charge in [-0.05, 0) is 56.6 Å². The lowest BCUT2D eigenvalue weighted by atomic mass is 9.99. The molecular formula is C16H19NOS. The summed E-state index contributed by atoms with van der Waals surface area (Å²) in [5, 5.41) is 1.98. The fourth-order valence-corrected chi connectivity index (χ4v) is 2.89. The molecular weight excluding hydrogens is 254 g/mol. The average Bonchev–Trinajstić information content (AvgIpc) is 2.87. The van der Waals surface area contributed by atoms with Gasteiger partial charge in [-0.3, -0.25) is 4.79 Å². The largest absolute Gasteiger partial charge is 0.303 e. The highest BCUT2D eigenvalue weighted by atomic mass is 32.1. The van der Waals surface area contributed by atoms with Gasteiger partial charge in [0.1, 0.15) is 0 Å². The van der Waals surface area contributed by atoms with Crippen molar-refractivity contribution in [3.63, 3.8) is 0 Å². The summed E-state index contributed by atoms with van der Waals surface area (Å²) < 4.78 is 0. The van der Waals surface area contributed by atoms with Crippen LogP contribution in [0.2, 0.25) is 0 Å². The molecule has 0 saturated heterocycles. The molecule has 0 saturated carbocycles. The van der Waals surface area contributed by atoms with E-state index in [2.05, 4.69) is 50.2 Å². The second-order valence-electron chi connectivity index (χ2n) is 4.98. The Hall–Kier alpha value is -1.45. The first-order chi connectivity index (χ1) is 9.00. The summed E-state index contributed by atoms with van der Waals surface area (Å²) in [6.45, 7) is 3.81. The van der Waals surface area contributed by atoms with Crippen molar-refractivity contribution >= 4 is 17.1 Å². The minimum Gasteiger partial charge on any atom is -0.303 e. The molecule has 2 rings (SSSR count). The van der Waals surface area contributed by atoms with Crippen molar-refractivity contribution in [2.75, 3.05) is 14.1 Å². The number of benzene rings is 1. The number of thiophene rings is 1. The summed E-state index contributed by atoms with van der Waals surface area (Å²) in [6.07, 6.45) is 0. The zero-order valence-electron chi connectivity index (χ0n) is 11.8. The van der Waals surface area contributed by atoms with Gasteiger partial charge in [0.2, 0.25) is 0 Å². The van der Waals surface area contributed by atoms with Gasteiger partial charge in [0.05, 0.1) is 4.88 Å². The molecule has 0 amide bonds. The van der Waals surface area contributed by atoms with E-state index in [-0.39, 0.29) is 5.78 Å². The lowest BCUT2D eigenvalue weighted by Crippen LogP contribution is -2.16. The van der Waals surface area contributed by atoms with Crippen LogP contribution in [0, 0.1) is 0 Å². The molecule has 19 heavy (non-hydrogen) atoms. The van der Waals surface area contributed by atoms with Crippen molar-refractivity contribution in [3.8, 4) is 11.1 Å². The molecule has 2 nitrogen and oxygen atoms in total. The minimum atomic E-state index is 0.135. The third kappa shape index (κ3) is 2.94. The Balaban J connectivity index is 2.43. The Labute approximate surface area is 118 Å². The smallest absolute Gasteiger partial charge is 0.170 e. The molecule has 0 unspecified atom stereocenters. The number of carbonyl (C=O) groups is 1. The van der Waals surface area contributed by atoms with E-state index >= 15 is 0 Å². The molecule has 1 aromatic carbocycles. The Bertz CT molecular complexity index is 586. The summed E-state index contributed by atoms with van der Waals surface area (Å²) in [4.78, 5) is 14.7. The third-order valence-corrected chi connectivity index (χ3v) is 4.45. The molecule has 0 spiro atoms. The Morgan fingerprint density at radius 1 is 1.26 bits per heavy atom. The van der Waals surface area contributed by atoms with E-state index < -0.39 is 0 Å². The van der Waals surface area contributed by atoms with Gasteiger partial charge in [0.25, 0.3) is 0 Å². The fraction of sp³-hybridized carbons (Fsp3) is 0.312. The number of carbonyl (C=O) groups excluding carboxylic acids is 1. The molecule has 1 aromatic heterocycles. The van der Waals surface area contributed by atoms with E-state index in [1.807, 2.05) is 11.4 Å². The van der Waals surface area contributed by atoms with E-state index in [1.54, 1.807) is 6.92 Å². The van der Waals surface area contributed by atoms with Crippen LogP contribution in [0.5, 0.6) is 0 Å². The average molecular weight is 273 g/mol. The van der Waals surface area contributed by atoms with Crippen LogP contribution in [0.3, 0.4) is 0 Å². The van der Waals surface area contributed by atoms with E-state index in [9.17, 15) is 4.79 Å². The molecule has 0 bridgehead atoms. The molecule has 1 atom stereocenters. The van der Waals surface area contributed by atoms with Crippen LogP contribution < -0.4 is 0 Å². The zero-order chi connectivity index (χ0) is 14.0. The maximum absolute atomic E-state index is 11.6. The van der Waals surface area contributed by atoms with Crippen LogP contribution in [-0.2, 0) is 0 Å². The third-order valence-electron chi connectivity index (χ3n) is 3.44. The number of Topliss-reactive ketones (excluding diaryl/α,β-unsaturated/α-hetero) is 1. The van der Waals surface area contributed by atoms with Crippen LogP contribution in [0.15, 0.2) is 35.7 Å². The standard InChI is InChI=1S/C16H19NOS/c1-11(17(3)4)13-6-5-7-14(10-13)15-8-9-19-16(15)12(2)18/h5-11H,1-4H3/t11-/m1/s1. The topological polar surface area (TPSA) is 20.3 Å². The quantitative estimate of drug-likeness (QED) is 0.777. The van der Waals surface area contributed by atoms with Crippen LogP contribution in [0.25, 0.3) is 11.1 Å². The summed E-state index contributed by atoms with van der Waals surface area (Å²) in [5.74, 6) is 0.135. The van der Waals surface area contributed by atoms with Crippen molar-refractivity contribution < 1.29 is 4.79 Å². The van der Waals surface area contributed by atoms with Crippen LogP contribution >= 0.6 is 11.3 Å². The van der Waals surface area contributed by atoms with E-state index in [4.69, 9.17) is 0 Å². The van der Waals surface area contributed by atoms with E-state index in [0.29, 0.717) is 6.04 Å². The molecule has 1 heterocycles. The number of nitrogens with zero attached hydrogens (tertiary/aromatic N) is 1. The highest BCUT2D eigenvalue weighted by Gasteiger charge is 2.13. The van der Waals surface area contributed by atoms with Gasteiger partial charge in [0, 0.05) is 11.6 Å². The van der Waals surface area contributed by atoms with Gasteiger partial charge < -0.3 is 4.90 Å². The van der Waals surface area contributed by atoms with Gasteiger partial charge >= 0.3 is 0 Å². The first-order valence-corrected chi connectivity index (χ1v) is 7.24. The minimum absolute atomic E-state index is 0.135. The SMILES string of the molecule is CC(=O)c1sccc1-c1cccc([C@@H](C)N(C)C)c1. The second-order valence-corrected chi connectivity index (χ2v) is 5.90. The van der Waals surface area contributed by atoms with Crippen LogP contribution in [0.1, 0.15) is 35.1 Å². The highest BCUT2D eigenvalue weighted by molar-refractivity contribution is 7.12. The molecule has 3 heteroatoms. The number of ketones is 1. The lowest BCUT2D eigenvalue weighted by molar-refractivity contribution is 0.102. The second kappa shape index (κ2) is 5.68. The highest BCUT2D eigenvalue weighted by Crippen LogP contribution is 2.31. The molecule has 0 aliphatic heterocycles. The Morgan fingerprint density at radius 3 is 2.63 bits per heavy atom. The summed E-state index contributed by atoms with van der Waals surface area (Å²) in [7, 11) is 4.14. The van der Waals surface area contributed by atoms with Gasteiger partial charge in [-0.2, -0.15) is 0 Å². The first-order valence-electron chi connectivity index (χ1n) is 6.36. The van der Waals surface area contributed by atoms with Crippen molar-refractivity contribution in [1.29, 1.82) is 0 Å². The number of hydrogen-bond donors (Lipinski definition) is 0. The number of hydrogen-bond acceptors (Lipinski definition) is 3. The van der Waals surface area contributed by atoms with Gasteiger partial charge in [0.15, 0.2) is 5.78 Å². The summed E-state index contributed by atoms with van der Waals surface area (Å²) in [6, 6.07) is 10.8. The van der Waals surface area contributed by atoms with Crippen LogP contribution in [0.4, 0.5) is 0 Å². The van der Waals surface area contributed by atoms with E-state index in [1.165, 1.54) is 16.9 Å². The molecule has 0 aliphatic carbocycles. The van der Waals surface area contributed by atoms with Crippen molar-refractivity contribution in [2.45, 2.75) is 19.9 Å². The first kappa shape index (κ1) is 14.0. The molecule has 0 radical (unpaired) electrons. The predicted octanol–water partition coefficient (Wildman–Crippen LogP) is 4.24.